The topological polar surface area (TPSA) is 43.3 Å². The second-order valence-electron chi connectivity index (χ2n) is 3.53. The van der Waals surface area contributed by atoms with E-state index in [0.29, 0.717) is 0 Å². The first-order valence-corrected chi connectivity index (χ1v) is 4.95. The zero-order valence-corrected chi connectivity index (χ0v) is 8.57. The molecule has 1 atom stereocenters. The summed E-state index contributed by atoms with van der Waals surface area (Å²) in [5, 5.41) is 0. The normalized spacial score (nSPS) is 13.4. The van der Waals surface area contributed by atoms with Crippen molar-refractivity contribution < 1.29 is 0 Å². The van der Waals surface area contributed by atoms with E-state index in [2.05, 4.69) is 28.4 Å². The Morgan fingerprint density at radius 2 is 2.29 bits per heavy atom. The number of aryl methyl sites for hydroxylation is 1. The molecule has 3 nitrogen and oxygen atoms in total. The van der Waals surface area contributed by atoms with Crippen LogP contribution in [0.15, 0.2) is 24.4 Å². The van der Waals surface area contributed by atoms with Gasteiger partial charge in [0.2, 0.25) is 0 Å². The minimum absolute atomic E-state index is 0.0400. The van der Waals surface area contributed by atoms with Crippen LogP contribution in [0.4, 0.5) is 0 Å². The van der Waals surface area contributed by atoms with Gasteiger partial charge in [0.25, 0.3) is 0 Å². The summed E-state index contributed by atoms with van der Waals surface area (Å²) in [7, 11) is 0. The number of nitrogens with two attached hydrogens (primary N) is 1. The summed E-state index contributed by atoms with van der Waals surface area (Å²) in [4.78, 5) is 4.36. The smallest absolute Gasteiger partial charge is 0.113 e. The quantitative estimate of drug-likeness (QED) is 0.784. The molecule has 0 bridgehead atoms. The SMILES string of the molecule is CCc1ncc2cccc(C(C)N)n12. The third kappa shape index (κ3) is 1.30. The Morgan fingerprint density at radius 1 is 1.50 bits per heavy atom. The Balaban J connectivity index is 2.75. The molecule has 2 aromatic rings. The third-order valence-corrected chi connectivity index (χ3v) is 2.44. The van der Waals surface area contributed by atoms with Crippen molar-refractivity contribution in [2.24, 2.45) is 5.73 Å². The molecule has 14 heavy (non-hydrogen) atoms. The molecule has 0 saturated carbocycles. The molecule has 3 heteroatoms. The van der Waals surface area contributed by atoms with Gasteiger partial charge in [-0.25, -0.2) is 4.98 Å². The molecule has 1 unspecified atom stereocenters. The van der Waals surface area contributed by atoms with E-state index in [1.54, 1.807) is 0 Å². The maximum atomic E-state index is 5.91. The summed E-state index contributed by atoms with van der Waals surface area (Å²) in [5.41, 5.74) is 8.16. The molecule has 2 aromatic heterocycles. The summed E-state index contributed by atoms with van der Waals surface area (Å²) in [6, 6.07) is 6.17. The highest BCUT2D eigenvalue weighted by atomic mass is 15.0. The lowest BCUT2D eigenvalue weighted by Gasteiger charge is -2.10. The highest BCUT2D eigenvalue weighted by Gasteiger charge is 2.08. The molecular formula is C11H15N3. The summed E-state index contributed by atoms with van der Waals surface area (Å²) in [6.07, 6.45) is 2.82. The lowest BCUT2D eigenvalue weighted by molar-refractivity contribution is 0.744. The third-order valence-electron chi connectivity index (χ3n) is 2.44. The predicted octanol–water partition coefficient (Wildman–Crippen LogP) is 1.92. The molecule has 0 fully saturated rings. The number of aromatic nitrogens is 2. The number of pyridine rings is 1. The van der Waals surface area contributed by atoms with Gasteiger partial charge in [0.1, 0.15) is 5.82 Å². The van der Waals surface area contributed by atoms with Crippen molar-refractivity contribution in [3.05, 3.63) is 35.9 Å². The van der Waals surface area contributed by atoms with Crippen LogP contribution in [0.5, 0.6) is 0 Å². The van der Waals surface area contributed by atoms with E-state index in [1.165, 1.54) is 0 Å². The fourth-order valence-electron chi connectivity index (χ4n) is 1.75. The Morgan fingerprint density at radius 3 is 2.93 bits per heavy atom. The number of rotatable bonds is 2. The lowest BCUT2D eigenvalue weighted by atomic mass is 10.2. The van der Waals surface area contributed by atoms with E-state index in [-0.39, 0.29) is 6.04 Å². The summed E-state index contributed by atoms with van der Waals surface area (Å²) >= 11 is 0. The standard InChI is InChI=1S/C11H15N3/c1-3-11-13-7-9-5-4-6-10(8(2)12)14(9)11/h4-8H,3,12H2,1-2H3. The first-order valence-electron chi connectivity index (χ1n) is 4.95. The van der Waals surface area contributed by atoms with Gasteiger partial charge in [-0.05, 0) is 19.1 Å². The number of nitrogens with zero attached hydrogens (tertiary/aromatic N) is 2. The Bertz CT molecular complexity index is 443. The molecule has 0 radical (unpaired) electrons. The van der Waals surface area contributed by atoms with Crippen LogP contribution in [0.25, 0.3) is 5.52 Å². The van der Waals surface area contributed by atoms with Gasteiger partial charge < -0.3 is 5.73 Å². The molecule has 0 aliphatic rings. The second-order valence-corrected chi connectivity index (χ2v) is 3.53. The van der Waals surface area contributed by atoms with E-state index in [0.717, 1.165) is 23.5 Å². The molecule has 0 aliphatic heterocycles. The van der Waals surface area contributed by atoms with E-state index < -0.39 is 0 Å². The van der Waals surface area contributed by atoms with Crippen molar-refractivity contribution in [2.45, 2.75) is 26.3 Å². The van der Waals surface area contributed by atoms with Gasteiger partial charge in [0.05, 0.1) is 11.7 Å². The number of fused-ring (bicyclic) bond motifs is 1. The minimum atomic E-state index is 0.0400. The van der Waals surface area contributed by atoms with Gasteiger partial charge in [-0.2, -0.15) is 0 Å². The van der Waals surface area contributed by atoms with Gasteiger partial charge in [-0.15, -0.1) is 0 Å². The maximum Gasteiger partial charge on any atom is 0.113 e. The molecule has 2 rings (SSSR count). The second kappa shape index (κ2) is 3.42. The van der Waals surface area contributed by atoms with Crippen LogP contribution in [0.1, 0.15) is 31.4 Å². The van der Waals surface area contributed by atoms with Gasteiger partial charge in [-0.3, -0.25) is 4.40 Å². The average Bonchev–Trinajstić information content (AvgIpc) is 2.59. The Labute approximate surface area is 83.6 Å². The Hall–Kier alpha value is -1.35. The molecule has 2 N–H and O–H groups in total. The van der Waals surface area contributed by atoms with Crippen LogP contribution in [0, 0.1) is 0 Å². The fourth-order valence-corrected chi connectivity index (χ4v) is 1.75. The molecule has 0 aromatic carbocycles. The van der Waals surface area contributed by atoms with E-state index >= 15 is 0 Å². The van der Waals surface area contributed by atoms with Gasteiger partial charge in [-0.1, -0.05) is 13.0 Å². The molecule has 0 spiro atoms. The lowest BCUT2D eigenvalue weighted by Crippen LogP contribution is -2.11. The molecular weight excluding hydrogens is 174 g/mol. The zero-order valence-electron chi connectivity index (χ0n) is 8.57. The van der Waals surface area contributed by atoms with Crippen LogP contribution in [0.2, 0.25) is 0 Å². The van der Waals surface area contributed by atoms with E-state index in [1.807, 2.05) is 19.2 Å². The van der Waals surface area contributed by atoms with E-state index in [9.17, 15) is 0 Å². The van der Waals surface area contributed by atoms with Gasteiger partial charge >= 0.3 is 0 Å². The van der Waals surface area contributed by atoms with Crippen molar-refractivity contribution in [2.75, 3.05) is 0 Å². The van der Waals surface area contributed by atoms with Crippen molar-refractivity contribution in [1.29, 1.82) is 0 Å². The highest BCUT2D eigenvalue weighted by molar-refractivity contribution is 5.47. The van der Waals surface area contributed by atoms with Crippen LogP contribution < -0.4 is 5.73 Å². The van der Waals surface area contributed by atoms with E-state index in [4.69, 9.17) is 5.73 Å². The number of hydrogen-bond donors (Lipinski definition) is 1. The first-order chi connectivity index (χ1) is 6.74. The largest absolute Gasteiger partial charge is 0.323 e. The highest BCUT2D eigenvalue weighted by Crippen LogP contribution is 2.15. The number of hydrogen-bond acceptors (Lipinski definition) is 2. The van der Waals surface area contributed by atoms with Crippen molar-refractivity contribution in [3.63, 3.8) is 0 Å². The summed E-state index contributed by atoms with van der Waals surface area (Å²) in [5.74, 6) is 1.08. The Kier molecular flexibility index (Phi) is 2.25. The van der Waals surface area contributed by atoms with Crippen molar-refractivity contribution in [1.82, 2.24) is 9.38 Å². The zero-order chi connectivity index (χ0) is 10.1. The summed E-state index contributed by atoms with van der Waals surface area (Å²) in [6.45, 7) is 4.10. The molecule has 0 saturated heterocycles. The molecule has 0 aliphatic carbocycles. The first kappa shape index (κ1) is 9.21. The monoisotopic (exact) mass is 189 g/mol. The van der Waals surface area contributed by atoms with Crippen molar-refractivity contribution >= 4 is 5.52 Å². The minimum Gasteiger partial charge on any atom is -0.323 e. The predicted molar refractivity (Wildman–Crippen MR) is 57.2 cm³/mol. The van der Waals surface area contributed by atoms with Gasteiger partial charge in [0.15, 0.2) is 0 Å². The molecule has 74 valence electrons. The molecule has 0 amide bonds. The summed E-state index contributed by atoms with van der Waals surface area (Å²) < 4.78 is 2.14. The fraction of sp³-hybridized carbons (Fsp3) is 0.364. The van der Waals surface area contributed by atoms with Gasteiger partial charge in [0, 0.05) is 18.2 Å². The van der Waals surface area contributed by atoms with Crippen LogP contribution in [-0.4, -0.2) is 9.38 Å². The van der Waals surface area contributed by atoms with Crippen LogP contribution >= 0.6 is 0 Å². The van der Waals surface area contributed by atoms with Crippen LogP contribution in [0.3, 0.4) is 0 Å². The maximum absolute atomic E-state index is 5.91. The molecule has 2 heterocycles. The average molecular weight is 189 g/mol. The van der Waals surface area contributed by atoms with Crippen molar-refractivity contribution in [3.8, 4) is 0 Å². The number of imidazole rings is 1. The van der Waals surface area contributed by atoms with Crippen LogP contribution in [-0.2, 0) is 6.42 Å².